The van der Waals surface area contributed by atoms with Crippen LogP contribution in [0.1, 0.15) is 210 Å². The van der Waals surface area contributed by atoms with Gasteiger partial charge in [0.05, 0.1) is 27.8 Å². The van der Waals surface area contributed by atoms with Crippen molar-refractivity contribution in [1.29, 1.82) is 0 Å². The quantitative estimate of drug-likeness (QED) is 0.120. The molecule has 11 fully saturated rings. The van der Waals surface area contributed by atoms with Crippen molar-refractivity contribution in [2.75, 3.05) is 0 Å². The molecule has 0 aromatic heterocycles. The Hall–Kier alpha value is -3.66. The standard InChI is InChI=1S/C20H32O2.C16H26O3.C14H20O4.C14H16O/c1-5-19(3,4)18(21)22-20(6-2)11-14-10-15(20)17-13-8-7-12(9-13)16(14)17;1-4-14(2,3)13(17)19-16-8-11-5-12(9-16)7-15(18,6-11)10-16;1-4-14(2,3)13(16)18-10-7-5-8-9(6-7)12(15)17-11(8)10;1-3-10(2)11-4-5-13-9-14(15)7-6-12(13)8-11/h12-17H,5-11H2,1-4H3;11-12,18H,4-10H2,1-3H3;7-11H,4-6H2,1-3H3;4-10,15H,3H2,1-2H3. The molecule has 1 aliphatic heterocycles. The van der Waals surface area contributed by atoms with Crippen molar-refractivity contribution in [2.45, 2.75) is 234 Å². The summed E-state index contributed by atoms with van der Waals surface area (Å²) in [6.07, 6.45) is 18.6. The normalized spacial score (nSPS) is 38.5. The summed E-state index contributed by atoms with van der Waals surface area (Å²) in [5.74, 6) is 7.82. The van der Waals surface area contributed by atoms with Crippen LogP contribution in [0, 0.1) is 81.3 Å². The highest BCUT2D eigenvalue weighted by Crippen LogP contribution is 2.71. The van der Waals surface area contributed by atoms with Gasteiger partial charge >= 0.3 is 23.9 Å². The summed E-state index contributed by atoms with van der Waals surface area (Å²) in [5, 5.41) is 22.3. The molecule has 1 heterocycles. The number of carbonyl (C=O) groups is 4. The minimum atomic E-state index is -0.555. The molecule has 0 radical (unpaired) electrons. The Bertz CT molecular complexity index is 2400. The second-order valence-corrected chi connectivity index (χ2v) is 27.9. The molecule has 0 spiro atoms. The third-order valence-corrected chi connectivity index (χ3v) is 22.1. The Morgan fingerprint density at radius 3 is 1.89 bits per heavy atom. The number of carbonyl (C=O) groups excluding carboxylic acids is 4. The molecule has 13 rings (SSSR count). The maximum Gasteiger partial charge on any atom is 0.312 e. The molecule has 2 N–H and O–H groups in total. The lowest BCUT2D eigenvalue weighted by Gasteiger charge is -2.59. The first-order valence-electron chi connectivity index (χ1n) is 29.7. The van der Waals surface area contributed by atoms with Crippen LogP contribution in [0.15, 0.2) is 36.4 Å². The van der Waals surface area contributed by atoms with Gasteiger partial charge in [-0.2, -0.15) is 0 Å². The third-order valence-electron chi connectivity index (χ3n) is 22.1. The van der Waals surface area contributed by atoms with Crippen LogP contribution < -0.4 is 0 Å². The molecule has 10 saturated carbocycles. The Labute approximate surface area is 443 Å². The Balaban J connectivity index is 0.000000122. The number of fused-ring (bicyclic) bond motifs is 11. The maximum absolute atomic E-state index is 12.7. The van der Waals surface area contributed by atoms with Crippen LogP contribution in [0.2, 0.25) is 0 Å². The van der Waals surface area contributed by atoms with Gasteiger partial charge in [0.15, 0.2) is 0 Å². The molecule has 2 aromatic carbocycles. The van der Waals surface area contributed by atoms with E-state index in [9.17, 15) is 29.4 Å². The molecule has 410 valence electrons. The number of phenolic OH excluding ortho intramolecular Hbond substituents is 1. The van der Waals surface area contributed by atoms with Crippen molar-refractivity contribution in [3.05, 3.63) is 42.0 Å². The molecule has 0 amide bonds. The smallest absolute Gasteiger partial charge is 0.312 e. The van der Waals surface area contributed by atoms with Gasteiger partial charge in [0, 0.05) is 24.2 Å². The van der Waals surface area contributed by atoms with Gasteiger partial charge < -0.3 is 29.2 Å². The average molecular weight is 1020 g/mol. The number of hydrogen-bond donors (Lipinski definition) is 2. The Morgan fingerprint density at radius 1 is 0.689 bits per heavy atom. The lowest BCUT2D eigenvalue weighted by Crippen LogP contribution is -2.61. The highest BCUT2D eigenvalue weighted by atomic mass is 16.6. The lowest BCUT2D eigenvalue weighted by atomic mass is 9.52. The molecule has 15 atom stereocenters. The summed E-state index contributed by atoms with van der Waals surface area (Å²) in [7, 11) is 0. The van der Waals surface area contributed by atoms with E-state index < -0.39 is 16.4 Å². The first-order chi connectivity index (χ1) is 34.8. The molecule has 74 heavy (non-hydrogen) atoms. The summed E-state index contributed by atoms with van der Waals surface area (Å²) < 4.78 is 23.3. The number of esters is 4. The highest BCUT2D eigenvalue weighted by molar-refractivity contribution is 5.84. The molecule has 15 unspecified atom stereocenters. The largest absolute Gasteiger partial charge is 0.508 e. The van der Waals surface area contributed by atoms with Crippen molar-refractivity contribution in [1.82, 2.24) is 0 Å². The van der Waals surface area contributed by atoms with Gasteiger partial charge in [-0.3, -0.25) is 19.2 Å². The van der Waals surface area contributed by atoms with E-state index in [1.807, 2.05) is 61.5 Å². The van der Waals surface area contributed by atoms with Crippen LogP contribution in [-0.4, -0.2) is 63.1 Å². The SMILES string of the molecule is CCC(C)(C)C(=O)OC1(CC)CC2CC1C1C3CCC(C3)C21.CCC(C)(C)C(=O)OC12CC3CC(CC(O)(C3)C1)C2.CCC(C)(C)C(=O)OC1C2CC3C(=O)OC1C3C2.CCC(C)c1ccc2cc(O)ccc2c1. The third kappa shape index (κ3) is 10.2. The van der Waals surface area contributed by atoms with Gasteiger partial charge in [0.2, 0.25) is 0 Å². The van der Waals surface area contributed by atoms with Crippen LogP contribution in [0.25, 0.3) is 10.8 Å². The molecule has 10 heteroatoms. The zero-order chi connectivity index (χ0) is 53.5. The fourth-order valence-corrected chi connectivity index (χ4v) is 16.8. The molecule has 10 nitrogen and oxygen atoms in total. The molecule has 2 aromatic rings. The van der Waals surface area contributed by atoms with Gasteiger partial charge in [-0.25, -0.2) is 0 Å². The molecule has 10 bridgehead atoms. The summed E-state index contributed by atoms with van der Waals surface area (Å²) in [6, 6.07) is 11.9. The number of benzene rings is 2. The van der Waals surface area contributed by atoms with Crippen molar-refractivity contribution in [3.8, 4) is 5.75 Å². The fraction of sp³-hybridized carbons (Fsp3) is 0.781. The van der Waals surface area contributed by atoms with E-state index in [2.05, 4.69) is 45.9 Å². The van der Waals surface area contributed by atoms with Crippen LogP contribution in [0.5, 0.6) is 5.75 Å². The molecule has 11 aliphatic rings. The summed E-state index contributed by atoms with van der Waals surface area (Å²) >= 11 is 0. The zero-order valence-electron chi connectivity index (χ0n) is 47.4. The number of phenols is 1. The van der Waals surface area contributed by atoms with E-state index in [1.165, 1.54) is 43.1 Å². The number of hydrogen-bond acceptors (Lipinski definition) is 10. The van der Waals surface area contributed by atoms with E-state index >= 15 is 0 Å². The molecule has 10 aliphatic carbocycles. The molecular weight excluding hydrogens is 929 g/mol. The highest BCUT2D eigenvalue weighted by Gasteiger charge is 2.68. The van der Waals surface area contributed by atoms with Crippen molar-refractivity contribution >= 4 is 34.6 Å². The predicted molar refractivity (Wildman–Crippen MR) is 288 cm³/mol. The van der Waals surface area contributed by atoms with Gasteiger partial charge in [-0.15, -0.1) is 0 Å². The van der Waals surface area contributed by atoms with Crippen LogP contribution >= 0.6 is 0 Å². The van der Waals surface area contributed by atoms with Crippen molar-refractivity contribution in [2.24, 2.45) is 81.3 Å². The topological polar surface area (TPSA) is 146 Å². The van der Waals surface area contributed by atoms with Gasteiger partial charge in [0.25, 0.3) is 0 Å². The number of ether oxygens (including phenoxy) is 4. The fourth-order valence-electron chi connectivity index (χ4n) is 16.8. The predicted octanol–water partition coefficient (Wildman–Crippen LogP) is 13.8. The zero-order valence-corrected chi connectivity index (χ0v) is 47.4. The number of rotatable bonds is 12. The van der Waals surface area contributed by atoms with Gasteiger partial charge in [0.1, 0.15) is 29.2 Å². The first-order valence-corrected chi connectivity index (χ1v) is 29.7. The number of aromatic hydroxyl groups is 1. The van der Waals surface area contributed by atoms with E-state index in [0.717, 1.165) is 112 Å². The Kier molecular flexibility index (Phi) is 15.1. The van der Waals surface area contributed by atoms with E-state index in [4.69, 9.17) is 18.9 Å². The van der Waals surface area contributed by atoms with Crippen molar-refractivity contribution in [3.63, 3.8) is 0 Å². The molecule has 1 saturated heterocycles. The number of aliphatic hydroxyl groups is 1. The van der Waals surface area contributed by atoms with Crippen molar-refractivity contribution < 1.29 is 48.3 Å². The maximum atomic E-state index is 12.7. The van der Waals surface area contributed by atoms with E-state index in [-0.39, 0.29) is 58.6 Å². The van der Waals surface area contributed by atoms with Crippen LogP contribution in [-0.2, 0) is 38.1 Å². The van der Waals surface area contributed by atoms with Crippen LogP contribution in [0.3, 0.4) is 0 Å². The second-order valence-electron chi connectivity index (χ2n) is 27.9. The molecular formula is C64H94O10. The van der Waals surface area contributed by atoms with Crippen LogP contribution in [0.4, 0.5) is 0 Å². The van der Waals surface area contributed by atoms with Gasteiger partial charge in [-0.05, 0) is 227 Å². The van der Waals surface area contributed by atoms with E-state index in [0.29, 0.717) is 47.7 Å². The second kappa shape index (κ2) is 20.3. The first kappa shape index (κ1) is 55.1. The monoisotopic (exact) mass is 1020 g/mol. The average Bonchev–Trinajstić information content (AvgIpc) is 4.24. The summed E-state index contributed by atoms with van der Waals surface area (Å²) in [5.41, 5.74) is -0.868. The minimum absolute atomic E-state index is 0.0455. The summed E-state index contributed by atoms with van der Waals surface area (Å²) in [6.45, 7) is 24.5. The Morgan fingerprint density at radius 2 is 1.28 bits per heavy atom. The van der Waals surface area contributed by atoms with E-state index in [1.54, 1.807) is 12.1 Å². The summed E-state index contributed by atoms with van der Waals surface area (Å²) in [4.78, 5) is 48.8. The minimum Gasteiger partial charge on any atom is -0.508 e. The lowest BCUT2D eigenvalue weighted by molar-refractivity contribution is -0.225. The van der Waals surface area contributed by atoms with Gasteiger partial charge in [-0.1, -0.05) is 65.8 Å².